The number of aromatic nitrogens is 3. The van der Waals surface area contributed by atoms with E-state index in [1.54, 1.807) is 29.3 Å². The standard InChI is InChI=1S/C19H24ClN5O3/c1-19(2,3)28-18(27)24-8-7-13(11-24)10-21-17(26)16-12-25(23-22-16)15-6-4-5-14(20)9-15/h4-6,9,12-13H,7-8,10-11H2,1-3H3,(H,21,26). The van der Waals surface area contributed by atoms with Crippen LogP contribution in [0.2, 0.25) is 5.02 Å². The average molecular weight is 406 g/mol. The third-order valence-electron chi connectivity index (χ3n) is 4.29. The molecule has 1 unspecified atom stereocenters. The molecule has 1 aliphatic rings. The SMILES string of the molecule is CC(C)(C)OC(=O)N1CCC(CNC(=O)c2cn(-c3cccc(Cl)c3)nn2)C1. The van der Waals surface area contributed by atoms with Crippen molar-refractivity contribution in [1.29, 1.82) is 0 Å². The number of hydrogen-bond acceptors (Lipinski definition) is 5. The Morgan fingerprint density at radius 1 is 1.36 bits per heavy atom. The molecule has 1 atom stereocenters. The van der Waals surface area contributed by atoms with E-state index in [1.165, 1.54) is 4.68 Å². The summed E-state index contributed by atoms with van der Waals surface area (Å²) in [7, 11) is 0. The van der Waals surface area contributed by atoms with E-state index in [9.17, 15) is 9.59 Å². The van der Waals surface area contributed by atoms with Crippen LogP contribution >= 0.6 is 11.6 Å². The molecule has 2 heterocycles. The maximum atomic E-state index is 12.4. The lowest BCUT2D eigenvalue weighted by molar-refractivity contribution is 0.0288. The van der Waals surface area contributed by atoms with E-state index < -0.39 is 5.60 Å². The summed E-state index contributed by atoms with van der Waals surface area (Å²) in [5.41, 5.74) is 0.433. The molecule has 2 aromatic rings. The second kappa shape index (κ2) is 8.18. The molecule has 150 valence electrons. The van der Waals surface area contributed by atoms with E-state index >= 15 is 0 Å². The lowest BCUT2D eigenvalue weighted by Crippen LogP contribution is -2.36. The molecule has 0 radical (unpaired) electrons. The Morgan fingerprint density at radius 2 is 2.14 bits per heavy atom. The Hall–Kier alpha value is -2.61. The Kier molecular flexibility index (Phi) is 5.88. The zero-order chi connectivity index (χ0) is 20.3. The van der Waals surface area contributed by atoms with Crippen LogP contribution in [0.1, 0.15) is 37.7 Å². The van der Waals surface area contributed by atoms with Gasteiger partial charge >= 0.3 is 6.09 Å². The number of carbonyl (C=O) groups is 2. The third kappa shape index (κ3) is 5.22. The summed E-state index contributed by atoms with van der Waals surface area (Å²) in [6, 6.07) is 7.13. The first-order valence-electron chi connectivity index (χ1n) is 9.16. The van der Waals surface area contributed by atoms with Gasteiger partial charge in [-0.3, -0.25) is 4.79 Å². The highest BCUT2D eigenvalue weighted by molar-refractivity contribution is 6.30. The molecule has 0 aliphatic carbocycles. The van der Waals surface area contributed by atoms with Crippen LogP contribution in [0.15, 0.2) is 30.5 Å². The first-order valence-corrected chi connectivity index (χ1v) is 9.53. The van der Waals surface area contributed by atoms with Gasteiger partial charge in [-0.05, 0) is 51.3 Å². The van der Waals surface area contributed by atoms with E-state index in [0.29, 0.717) is 24.7 Å². The van der Waals surface area contributed by atoms with Crippen molar-refractivity contribution in [3.8, 4) is 5.69 Å². The Morgan fingerprint density at radius 3 is 2.86 bits per heavy atom. The largest absolute Gasteiger partial charge is 0.444 e. The predicted octanol–water partition coefficient (Wildman–Crippen LogP) is 2.91. The lowest BCUT2D eigenvalue weighted by atomic mass is 10.1. The number of nitrogens with one attached hydrogen (secondary N) is 1. The predicted molar refractivity (Wildman–Crippen MR) is 105 cm³/mol. The number of ether oxygens (including phenoxy) is 1. The van der Waals surface area contributed by atoms with Gasteiger partial charge in [-0.25, -0.2) is 9.48 Å². The minimum Gasteiger partial charge on any atom is -0.444 e. The molecule has 1 aliphatic heterocycles. The summed E-state index contributed by atoms with van der Waals surface area (Å²) in [4.78, 5) is 26.1. The molecule has 3 rings (SSSR count). The van der Waals surface area contributed by atoms with Crippen LogP contribution in [0.25, 0.3) is 5.69 Å². The first kappa shape index (κ1) is 20.1. The number of benzene rings is 1. The number of likely N-dealkylation sites (tertiary alicyclic amines) is 1. The molecule has 0 bridgehead atoms. The number of nitrogens with zero attached hydrogens (tertiary/aromatic N) is 4. The fourth-order valence-corrected chi connectivity index (χ4v) is 3.12. The van der Waals surface area contributed by atoms with Crippen molar-refractivity contribution in [1.82, 2.24) is 25.2 Å². The molecular weight excluding hydrogens is 382 g/mol. The van der Waals surface area contributed by atoms with Crippen molar-refractivity contribution in [2.24, 2.45) is 5.92 Å². The van der Waals surface area contributed by atoms with Crippen LogP contribution in [0.3, 0.4) is 0 Å². The van der Waals surface area contributed by atoms with Crippen LogP contribution in [-0.4, -0.2) is 57.1 Å². The van der Waals surface area contributed by atoms with Gasteiger partial charge in [0.2, 0.25) is 0 Å². The number of amides is 2. The molecule has 1 aromatic heterocycles. The average Bonchev–Trinajstić information content (AvgIpc) is 3.28. The van der Waals surface area contributed by atoms with Crippen LogP contribution in [0.5, 0.6) is 0 Å². The maximum absolute atomic E-state index is 12.4. The van der Waals surface area contributed by atoms with Gasteiger partial charge in [-0.1, -0.05) is 22.9 Å². The molecule has 9 heteroatoms. The van der Waals surface area contributed by atoms with Gasteiger partial charge in [0.15, 0.2) is 5.69 Å². The zero-order valence-electron chi connectivity index (χ0n) is 16.2. The summed E-state index contributed by atoms with van der Waals surface area (Å²) in [6.07, 6.45) is 2.06. The smallest absolute Gasteiger partial charge is 0.410 e. The van der Waals surface area contributed by atoms with E-state index in [4.69, 9.17) is 16.3 Å². The van der Waals surface area contributed by atoms with Crippen LogP contribution in [0, 0.1) is 5.92 Å². The molecular formula is C19H24ClN5O3. The molecule has 1 aromatic carbocycles. The number of carbonyl (C=O) groups excluding carboxylic acids is 2. The van der Waals surface area contributed by atoms with Gasteiger partial charge in [-0.15, -0.1) is 5.10 Å². The van der Waals surface area contributed by atoms with Crippen molar-refractivity contribution in [3.63, 3.8) is 0 Å². The van der Waals surface area contributed by atoms with Gasteiger partial charge in [0, 0.05) is 24.7 Å². The normalized spacial score (nSPS) is 16.9. The van der Waals surface area contributed by atoms with Crippen molar-refractivity contribution in [3.05, 3.63) is 41.2 Å². The molecule has 1 N–H and O–H groups in total. The van der Waals surface area contributed by atoms with Crippen molar-refractivity contribution in [2.75, 3.05) is 19.6 Å². The highest BCUT2D eigenvalue weighted by atomic mass is 35.5. The highest BCUT2D eigenvalue weighted by Gasteiger charge is 2.30. The van der Waals surface area contributed by atoms with E-state index in [0.717, 1.165) is 12.1 Å². The molecule has 28 heavy (non-hydrogen) atoms. The van der Waals surface area contributed by atoms with Crippen LogP contribution in [-0.2, 0) is 4.74 Å². The van der Waals surface area contributed by atoms with Gasteiger partial charge in [0.05, 0.1) is 11.9 Å². The van der Waals surface area contributed by atoms with Gasteiger partial charge in [0.25, 0.3) is 5.91 Å². The molecule has 0 spiro atoms. The second-order valence-corrected chi connectivity index (χ2v) is 8.26. The highest BCUT2D eigenvalue weighted by Crippen LogP contribution is 2.19. The maximum Gasteiger partial charge on any atom is 0.410 e. The lowest BCUT2D eigenvalue weighted by Gasteiger charge is -2.24. The molecule has 1 fully saturated rings. The van der Waals surface area contributed by atoms with Crippen molar-refractivity contribution in [2.45, 2.75) is 32.8 Å². The van der Waals surface area contributed by atoms with E-state index in [-0.39, 0.29) is 23.6 Å². The zero-order valence-corrected chi connectivity index (χ0v) is 16.9. The fraction of sp³-hybridized carbons (Fsp3) is 0.474. The second-order valence-electron chi connectivity index (χ2n) is 7.82. The molecule has 1 saturated heterocycles. The Bertz CT molecular complexity index is 861. The van der Waals surface area contributed by atoms with Crippen molar-refractivity contribution >= 4 is 23.6 Å². The minimum absolute atomic E-state index is 0.180. The minimum atomic E-state index is -0.516. The molecule has 8 nitrogen and oxygen atoms in total. The number of halogens is 1. The van der Waals surface area contributed by atoms with Gasteiger partial charge in [0.1, 0.15) is 5.60 Å². The van der Waals surface area contributed by atoms with E-state index in [1.807, 2.05) is 26.8 Å². The van der Waals surface area contributed by atoms with E-state index in [2.05, 4.69) is 15.6 Å². The van der Waals surface area contributed by atoms with Gasteiger partial charge < -0.3 is 15.0 Å². The third-order valence-corrected chi connectivity index (χ3v) is 4.52. The quantitative estimate of drug-likeness (QED) is 0.844. The number of hydrogen-bond donors (Lipinski definition) is 1. The topological polar surface area (TPSA) is 89.4 Å². The first-order chi connectivity index (χ1) is 13.2. The van der Waals surface area contributed by atoms with Crippen LogP contribution < -0.4 is 5.32 Å². The summed E-state index contributed by atoms with van der Waals surface area (Å²) in [5, 5.41) is 11.3. The Labute approximate surface area is 168 Å². The number of rotatable bonds is 4. The molecule has 0 saturated carbocycles. The summed E-state index contributed by atoms with van der Waals surface area (Å²) < 4.78 is 6.89. The molecule has 2 amide bonds. The fourth-order valence-electron chi connectivity index (χ4n) is 2.93. The monoisotopic (exact) mass is 405 g/mol. The van der Waals surface area contributed by atoms with Crippen molar-refractivity contribution < 1.29 is 14.3 Å². The summed E-state index contributed by atoms with van der Waals surface area (Å²) >= 11 is 5.98. The van der Waals surface area contributed by atoms with Crippen LogP contribution in [0.4, 0.5) is 4.79 Å². The summed E-state index contributed by atoms with van der Waals surface area (Å²) in [5.74, 6) is -0.122. The Balaban J connectivity index is 1.51. The summed E-state index contributed by atoms with van der Waals surface area (Å²) in [6.45, 7) is 7.17. The van der Waals surface area contributed by atoms with Gasteiger partial charge in [-0.2, -0.15) is 0 Å².